The van der Waals surface area contributed by atoms with Gasteiger partial charge < -0.3 is 24.3 Å². The highest BCUT2D eigenvalue weighted by Gasteiger charge is 2.35. The molecule has 10 nitrogen and oxygen atoms in total. The van der Waals surface area contributed by atoms with E-state index < -0.39 is 17.9 Å². The van der Waals surface area contributed by atoms with Crippen molar-refractivity contribution in [2.24, 2.45) is 4.99 Å². The predicted molar refractivity (Wildman–Crippen MR) is 218 cm³/mol. The first-order valence-corrected chi connectivity index (χ1v) is 18.9. The predicted octanol–water partition coefficient (Wildman–Crippen LogP) is 8.00. The second-order valence-electron chi connectivity index (χ2n) is 11.8. The third-order valence-corrected chi connectivity index (χ3v) is 10.0. The van der Waals surface area contributed by atoms with Gasteiger partial charge in [0, 0.05) is 5.70 Å². The number of carbonyl (C=O) groups is 3. The molecule has 4 aromatic carbocycles. The van der Waals surface area contributed by atoms with Gasteiger partial charge in [-0.25, -0.2) is 0 Å². The van der Waals surface area contributed by atoms with Crippen LogP contribution in [-0.2, 0) is 21.0 Å². The molecular weight excluding hydrogens is 817 g/mol. The van der Waals surface area contributed by atoms with Crippen LogP contribution in [0.2, 0.25) is 0 Å². The van der Waals surface area contributed by atoms with E-state index >= 15 is 0 Å². The summed E-state index contributed by atoms with van der Waals surface area (Å²) in [7, 11) is 1.52. The fourth-order valence-corrected chi connectivity index (χ4v) is 7.30. The number of halogens is 1. The number of rotatable bonds is 13. The van der Waals surface area contributed by atoms with Crippen LogP contribution in [0.1, 0.15) is 35.2 Å². The van der Waals surface area contributed by atoms with Crippen LogP contribution in [0, 0.1) is 3.57 Å². The highest BCUT2D eigenvalue weighted by Crippen LogP contribution is 2.37. The maximum atomic E-state index is 14.2. The zero-order chi connectivity index (χ0) is 38.0. The van der Waals surface area contributed by atoms with Gasteiger partial charge >= 0.3 is 0 Å². The molecule has 0 saturated carbocycles. The number of hydrogen-bond acceptors (Lipinski definition) is 8. The van der Waals surface area contributed by atoms with Crippen LogP contribution in [0.25, 0.3) is 6.08 Å². The van der Waals surface area contributed by atoms with Gasteiger partial charge in [0.25, 0.3) is 11.8 Å². The van der Waals surface area contributed by atoms with Gasteiger partial charge in [-0.05, 0) is 88.2 Å². The number of amides is 3. The second-order valence-corrected chi connectivity index (χ2v) is 13.9. The van der Waals surface area contributed by atoms with Crippen LogP contribution < -0.4 is 24.3 Å². The fourth-order valence-electron chi connectivity index (χ4n) is 5.71. The summed E-state index contributed by atoms with van der Waals surface area (Å²) < 4.78 is 23.4. The minimum atomic E-state index is -0.731. The number of hydrogen-bond donors (Lipinski definition) is 1. The van der Waals surface area contributed by atoms with E-state index in [1.807, 2.05) is 78.9 Å². The molecule has 0 atom stereocenters. The summed E-state index contributed by atoms with van der Waals surface area (Å²) in [6, 6.07) is 28.0. The highest BCUT2D eigenvalue weighted by molar-refractivity contribution is 14.1. The Labute approximate surface area is 331 Å². The van der Waals surface area contributed by atoms with Gasteiger partial charge in [0.2, 0.25) is 12.7 Å². The van der Waals surface area contributed by atoms with Crippen LogP contribution >= 0.6 is 34.4 Å². The van der Waals surface area contributed by atoms with E-state index in [9.17, 15) is 14.4 Å². The number of benzene rings is 4. The Kier molecular flexibility index (Phi) is 12.7. The summed E-state index contributed by atoms with van der Waals surface area (Å²) >= 11 is 3.13. The second kappa shape index (κ2) is 18.0. The number of thioether (sulfide) groups is 1. The molecule has 3 amide bonds. The minimum Gasteiger partial charge on any atom is -0.493 e. The quantitative estimate of drug-likeness (QED) is 0.0623. The van der Waals surface area contributed by atoms with E-state index in [0.717, 1.165) is 28.5 Å². The molecule has 0 unspecified atom stereocenters. The molecule has 2 heterocycles. The lowest BCUT2D eigenvalue weighted by Gasteiger charge is -2.28. The van der Waals surface area contributed by atoms with E-state index in [-0.39, 0.29) is 35.8 Å². The summed E-state index contributed by atoms with van der Waals surface area (Å²) in [5, 5.41) is 3.18. The maximum absolute atomic E-state index is 14.2. The Hall–Kier alpha value is -5.60. The van der Waals surface area contributed by atoms with Crippen molar-refractivity contribution < 1.29 is 33.3 Å². The maximum Gasteiger partial charge on any atom is 0.285 e. The lowest BCUT2D eigenvalue weighted by Crippen LogP contribution is -2.42. The first-order chi connectivity index (χ1) is 26.3. The SMILES string of the molecule is C=C/C=C\C(=C/C)N1C(=O)/C(=C/c2cc(I)c(OCc3ccc4c(c3)OCO4)c(OC)c2)C(=O)N=C1SCC(=O)NC(c1ccccc1)c1ccccc1. The van der Waals surface area contributed by atoms with E-state index in [1.165, 1.54) is 18.1 Å². The van der Waals surface area contributed by atoms with E-state index in [0.29, 0.717) is 37.8 Å². The van der Waals surface area contributed by atoms with Crippen molar-refractivity contribution in [1.82, 2.24) is 10.2 Å². The molecule has 0 saturated heterocycles. The first-order valence-electron chi connectivity index (χ1n) is 16.8. The molecular formula is C42H36IN3O7S. The molecule has 274 valence electrons. The summed E-state index contributed by atoms with van der Waals surface area (Å²) in [4.78, 5) is 46.9. The van der Waals surface area contributed by atoms with E-state index in [4.69, 9.17) is 18.9 Å². The van der Waals surface area contributed by atoms with Gasteiger partial charge in [-0.15, -0.1) is 0 Å². The van der Waals surface area contributed by atoms with E-state index in [1.54, 1.807) is 43.4 Å². The number of allylic oxidation sites excluding steroid dienone is 4. The molecule has 2 aliphatic rings. The number of ether oxygens (including phenoxy) is 4. The Balaban J connectivity index is 1.24. The third kappa shape index (κ3) is 8.95. The lowest BCUT2D eigenvalue weighted by molar-refractivity contribution is -0.126. The number of nitrogens with one attached hydrogen (secondary N) is 1. The largest absolute Gasteiger partial charge is 0.493 e. The van der Waals surface area contributed by atoms with Gasteiger partial charge in [0.15, 0.2) is 28.2 Å². The standard InChI is InChI=1S/C42H36IN3O7S/c1-4-6-17-31(5-2)46-41(49)32(20-28-21-33(43)39(36(23-28)50-3)51-24-27-18-19-34-35(22-27)53-26-52-34)40(48)45-42(46)54-25-37(47)44-38(29-13-9-7-10-14-29)30-15-11-8-12-16-30/h4-23,38H,1,24-26H2,2-3H3,(H,44,47)/b17-6-,31-5+,32-20+. The molecule has 12 heteroatoms. The van der Waals surface area contributed by atoms with Gasteiger partial charge in [0.05, 0.1) is 22.5 Å². The fraction of sp³-hybridized carbons (Fsp3) is 0.143. The summed E-state index contributed by atoms with van der Waals surface area (Å²) in [6.07, 6.45) is 8.15. The summed E-state index contributed by atoms with van der Waals surface area (Å²) in [5.41, 5.74) is 3.54. The lowest BCUT2D eigenvalue weighted by atomic mass is 9.99. The summed E-state index contributed by atoms with van der Waals surface area (Å²) in [5.74, 6) is 0.536. The zero-order valence-corrected chi connectivity index (χ0v) is 32.5. The zero-order valence-electron chi connectivity index (χ0n) is 29.5. The van der Waals surface area contributed by atoms with Crippen molar-refractivity contribution in [3.8, 4) is 23.0 Å². The van der Waals surface area contributed by atoms with Crippen molar-refractivity contribution in [3.63, 3.8) is 0 Å². The molecule has 2 aliphatic heterocycles. The van der Waals surface area contributed by atoms with Crippen LogP contribution in [-0.4, -0.2) is 47.4 Å². The first kappa shape index (κ1) is 38.1. The molecule has 0 fully saturated rings. The van der Waals surface area contributed by atoms with Crippen LogP contribution in [0.3, 0.4) is 0 Å². The normalized spacial score (nSPS) is 14.8. The van der Waals surface area contributed by atoms with Crippen molar-refractivity contribution in [2.45, 2.75) is 19.6 Å². The molecule has 0 bridgehead atoms. The highest BCUT2D eigenvalue weighted by atomic mass is 127. The number of methoxy groups -OCH3 is 1. The number of aliphatic imine (C=N–C) groups is 1. The molecule has 6 rings (SSSR count). The summed E-state index contributed by atoms with van der Waals surface area (Å²) in [6.45, 7) is 5.93. The number of fused-ring (bicyclic) bond motifs is 1. The molecule has 0 spiro atoms. The van der Waals surface area contributed by atoms with Crippen molar-refractivity contribution in [2.75, 3.05) is 19.7 Å². The number of nitrogens with zero attached hydrogens (tertiary/aromatic N) is 2. The topological polar surface area (TPSA) is 116 Å². The minimum absolute atomic E-state index is 0.0783. The van der Waals surface area contributed by atoms with Crippen molar-refractivity contribution >= 4 is 63.3 Å². The molecule has 54 heavy (non-hydrogen) atoms. The monoisotopic (exact) mass is 853 g/mol. The van der Waals surface area contributed by atoms with Gasteiger partial charge in [0.1, 0.15) is 12.2 Å². The Morgan fingerprint density at radius 2 is 1.72 bits per heavy atom. The molecule has 1 N–H and O–H groups in total. The van der Waals surface area contributed by atoms with Gasteiger partial charge in [-0.2, -0.15) is 4.99 Å². The van der Waals surface area contributed by atoms with E-state index in [2.05, 4.69) is 39.5 Å². The van der Waals surface area contributed by atoms with Crippen LogP contribution in [0.4, 0.5) is 0 Å². The van der Waals surface area contributed by atoms with Crippen molar-refractivity contribution in [1.29, 1.82) is 0 Å². The molecule has 4 aromatic rings. The number of amidine groups is 1. The Bertz CT molecular complexity index is 2150. The third-order valence-electron chi connectivity index (χ3n) is 8.30. The Morgan fingerprint density at radius 1 is 1.02 bits per heavy atom. The molecule has 0 radical (unpaired) electrons. The van der Waals surface area contributed by atoms with Crippen LogP contribution in [0.5, 0.6) is 23.0 Å². The van der Waals surface area contributed by atoms with Crippen LogP contribution in [0.15, 0.2) is 138 Å². The van der Waals surface area contributed by atoms with Crippen molar-refractivity contribution in [3.05, 3.63) is 159 Å². The van der Waals surface area contributed by atoms with Gasteiger partial charge in [-0.1, -0.05) is 103 Å². The molecule has 0 aliphatic carbocycles. The average Bonchev–Trinajstić information content (AvgIpc) is 3.67. The smallest absolute Gasteiger partial charge is 0.285 e. The van der Waals surface area contributed by atoms with Gasteiger partial charge in [-0.3, -0.25) is 19.3 Å². The number of carbonyl (C=O) groups excluding carboxylic acids is 3. The molecule has 0 aromatic heterocycles. The average molecular weight is 854 g/mol. The Morgan fingerprint density at radius 3 is 2.39 bits per heavy atom.